The first kappa shape index (κ1) is 23.1. The molecular weight excluding hydrogens is 457 g/mol. The molecule has 0 aliphatic carbocycles. The number of rotatable bonds is 6. The van der Waals surface area contributed by atoms with Crippen LogP contribution in [0.5, 0.6) is 11.5 Å². The molecule has 0 aliphatic heterocycles. The van der Waals surface area contributed by atoms with Crippen molar-refractivity contribution in [1.29, 1.82) is 0 Å². The number of benzene rings is 2. The summed E-state index contributed by atoms with van der Waals surface area (Å²) < 4.78 is 68.3. The Morgan fingerprint density at radius 2 is 1.97 bits per heavy atom. The van der Waals surface area contributed by atoms with E-state index in [1.165, 1.54) is 31.2 Å². The van der Waals surface area contributed by atoms with E-state index in [0.717, 1.165) is 35.8 Å². The topological polar surface area (TPSA) is 83.8 Å². The molecule has 0 spiro atoms. The second kappa shape index (κ2) is 9.30. The monoisotopic (exact) mass is 471 g/mol. The maximum Gasteiger partial charge on any atom is 0.417 e. The van der Waals surface area contributed by atoms with Gasteiger partial charge in [-0.05, 0) is 36.8 Å². The van der Waals surface area contributed by atoms with Crippen LogP contribution in [-0.4, -0.2) is 28.8 Å². The molecule has 0 saturated heterocycles. The number of carbonyl (C=O) groups excluding carboxylic acids is 1. The summed E-state index contributed by atoms with van der Waals surface area (Å²) in [6.07, 6.45) is -3.44. The number of phenolic OH excluding ortho intramolecular Hbond substituents is 1. The largest absolute Gasteiger partial charge is 0.504 e. The predicted octanol–water partition coefficient (Wildman–Crippen LogP) is 5.21. The van der Waals surface area contributed by atoms with Gasteiger partial charge >= 0.3 is 12.8 Å². The number of hydrogen-bond donors (Lipinski definition) is 2. The second-order valence-electron chi connectivity index (χ2n) is 6.28. The highest BCUT2D eigenvalue weighted by molar-refractivity contribution is 7.17. The molecular formula is C20H14F5N3O3S. The first-order valence-electron chi connectivity index (χ1n) is 8.81. The summed E-state index contributed by atoms with van der Waals surface area (Å²) in [6, 6.07) is 8.42. The first-order valence-corrected chi connectivity index (χ1v) is 9.63. The van der Waals surface area contributed by atoms with Crippen molar-refractivity contribution in [2.24, 2.45) is 5.10 Å². The van der Waals surface area contributed by atoms with Gasteiger partial charge in [-0.1, -0.05) is 18.2 Å². The number of nitrogens with zero attached hydrogens (tertiary/aromatic N) is 2. The van der Waals surface area contributed by atoms with E-state index in [0.29, 0.717) is 0 Å². The SMILES string of the molecule is Cc1nc(-c2ccccc2C(F)(F)F)sc1C(=O)N/N=C/c1ccc(OC(F)F)c(O)c1. The van der Waals surface area contributed by atoms with E-state index < -0.39 is 35.8 Å². The molecule has 3 aromatic rings. The standard InChI is InChI=1S/C20H14F5N3O3S/c1-10-16(32-18(27-10)12-4-2-3-5-13(12)20(23,24)25)17(30)28-26-9-11-6-7-15(14(29)8-11)31-19(21)22/h2-9,19,29H,1H3,(H,28,30)/b26-9+. The van der Waals surface area contributed by atoms with Crippen molar-refractivity contribution in [2.75, 3.05) is 0 Å². The number of halogens is 5. The number of amides is 1. The molecule has 0 radical (unpaired) electrons. The Morgan fingerprint density at radius 1 is 1.25 bits per heavy atom. The number of phenols is 1. The lowest BCUT2D eigenvalue weighted by atomic mass is 10.1. The summed E-state index contributed by atoms with van der Waals surface area (Å²) in [6.45, 7) is -1.62. The highest BCUT2D eigenvalue weighted by atomic mass is 32.1. The molecule has 1 heterocycles. The smallest absolute Gasteiger partial charge is 0.417 e. The lowest BCUT2D eigenvalue weighted by molar-refractivity contribution is -0.137. The molecule has 0 bridgehead atoms. The van der Waals surface area contributed by atoms with Crippen molar-refractivity contribution in [3.05, 3.63) is 64.2 Å². The van der Waals surface area contributed by atoms with Crippen LogP contribution in [0.1, 0.15) is 26.5 Å². The molecule has 0 atom stereocenters. The number of hydrazone groups is 1. The van der Waals surface area contributed by atoms with Gasteiger partial charge in [-0.15, -0.1) is 11.3 Å². The van der Waals surface area contributed by atoms with Crippen molar-refractivity contribution < 1.29 is 36.6 Å². The molecule has 0 aliphatic rings. The molecule has 12 heteroatoms. The third kappa shape index (κ3) is 5.38. The fourth-order valence-corrected chi connectivity index (χ4v) is 3.66. The lowest BCUT2D eigenvalue weighted by Gasteiger charge is -2.10. The molecule has 2 aromatic carbocycles. The summed E-state index contributed by atoms with van der Waals surface area (Å²) in [4.78, 5) is 16.5. The van der Waals surface area contributed by atoms with Gasteiger partial charge in [0, 0.05) is 5.56 Å². The van der Waals surface area contributed by atoms with Crippen LogP contribution in [0.25, 0.3) is 10.6 Å². The van der Waals surface area contributed by atoms with Crippen LogP contribution >= 0.6 is 11.3 Å². The quantitative estimate of drug-likeness (QED) is 0.294. The van der Waals surface area contributed by atoms with Gasteiger partial charge in [0.05, 0.1) is 17.5 Å². The van der Waals surface area contributed by atoms with Crippen LogP contribution in [0, 0.1) is 6.92 Å². The Morgan fingerprint density at radius 3 is 2.62 bits per heavy atom. The molecule has 3 rings (SSSR count). The zero-order chi connectivity index (χ0) is 23.5. The van der Waals surface area contributed by atoms with Crippen LogP contribution in [0.15, 0.2) is 47.6 Å². The highest BCUT2D eigenvalue weighted by Gasteiger charge is 2.34. The van der Waals surface area contributed by atoms with Gasteiger partial charge in [0.1, 0.15) is 9.88 Å². The average molecular weight is 471 g/mol. The summed E-state index contributed by atoms with van der Waals surface area (Å²) in [5.41, 5.74) is 1.70. The number of aryl methyl sites for hydroxylation is 1. The summed E-state index contributed by atoms with van der Waals surface area (Å²) in [5, 5.41) is 13.4. The van der Waals surface area contributed by atoms with Gasteiger partial charge in [0.2, 0.25) is 0 Å². The summed E-state index contributed by atoms with van der Waals surface area (Å²) in [5.74, 6) is -1.67. The lowest BCUT2D eigenvalue weighted by Crippen LogP contribution is -2.17. The molecule has 0 unspecified atom stereocenters. The number of nitrogens with one attached hydrogen (secondary N) is 1. The van der Waals surface area contributed by atoms with Gasteiger partial charge in [-0.25, -0.2) is 10.4 Å². The van der Waals surface area contributed by atoms with Crippen molar-refractivity contribution in [3.8, 4) is 22.1 Å². The Balaban J connectivity index is 1.75. The van der Waals surface area contributed by atoms with E-state index in [2.05, 4.69) is 20.2 Å². The number of ether oxygens (including phenoxy) is 1. The van der Waals surface area contributed by atoms with Gasteiger partial charge in [0.15, 0.2) is 11.5 Å². The first-order chi connectivity index (χ1) is 15.1. The number of thiazole rings is 1. The molecule has 0 fully saturated rings. The summed E-state index contributed by atoms with van der Waals surface area (Å²) >= 11 is 0.783. The number of alkyl halides is 5. The van der Waals surface area contributed by atoms with Gasteiger partial charge < -0.3 is 9.84 Å². The molecule has 2 N–H and O–H groups in total. The van der Waals surface area contributed by atoms with Crippen molar-refractivity contribution in [1.82, 2.24) is 10.4 Å². The summed E-state index contributed by atoms with van der Waals surface area (Å²) in [7, 11) is 0. The van der Waals surface area contributed by atoms with E-state index >= 15 is 0 Å². The third-order valence-corrected chi connectivity index (χ3v) is 5.23. The molecule has 6 nitrogen and oxygen atoms in total. The molecule has 0 saturated carbocycles. The van der Waals surface area contributed by atoms with Gasteiger partial charge in [0.25, 0.3) is 5.91 Å². The minimum Gasteiger partial charge on any atom is -0.504 e. The second-order valence-corrected chi connectivity index (χ2v) is 7.28. The van der Waals surface area contributed by atoms with Crippen molar-refractivity contribution in [3.63, 3.8) is 0 Å². The Bertz CT molecular complexity index is 1160. The van der Waals surface area contributed by atoms with Crippen molar-refractivity contribution >= 4 is 23.5 Å². The fraction of sp³-hybridized carbons (Fsp3) is 0.150. The minimum atomic E-state index is -4.58. The minimum absolute atomic E-state index is 0.0316. The number of carbonyl (C=O) groups is 1. The van der Waals surface area contributed by atoms with Crippen LogP contribution in [0.2, 0.25) is 0 Å². The normalized spacial score (nSPS) is 11.8. The van der Waals surface area contributed by atoms with E-state index in [1.807, 2.05) is 0 Å². The maximum atomic E-state index is 13.3. The zero-order valence-electron chi connectivity index (χ0n) is 16.2. The Hall–Kier alpha value is -3.54. The van der Waals surface area contributed by atoms with Crippen LogP contribution < -0.4 is 10.2 Å². The highest BCUT2D eigenvalue weighted by Crippen LogP contribution is 2.39. The molecule has 168 valence electrons. The van der Waals surface area contributed by atoms with E-state index in [9.17, 15) is 31.9 Å². The predicted molar refractivity (Wildman–Crippen MR) is 107 cm³/mol. The van der Waals surface area contributed by atoms with Gasteiger partial charge in [-0.3, -0.25) is 4.79 Å². The molecule has 32 heavy (non-hydrogen) atoms. The number of aromatic hydroxyl groups is 1. The van der Waals surface area contributed by atoms with Crippen LogP contribution in [0.4, 0.5) is 22.0 Å². The number of aromatic nitrogens is 1. The average Bonchev–Trinajstić information content (AvgIpc) is 3.10. The van der Waals surface area contributed by atoms with Crippen LogP contribution in [0.3, 0.4) is 0 Å². The Kier molecular flexibility index (Phi) is 6.72. The van der Waals surface area contributed by atoms with Gasteiger partial charge in [-0.2, -0.15) is 27.1 Å². The number of hydrogen-bond acceptors (Lipinski definition) is 6. The fourth-order valence-electron chi connectivity index (χ4n) is 2.67. The van der Waals surface area contributed by atoms with E-state index in [1.54, 1.807) is 0 Å². The zero-order valence-corrected chi connectivity index (χ0v) is 17.0. The van der Waals surface area contributed by atoms with Crippen LogP contribution in [-0.2, 0) is 6.18 Å². The molecule has 1 aromatic heterocycles. The third-order valence-electron chi connectivity index (χ3n) is 4.04. The van der Waals surface area contributed by atoms with E-state index in [4.69, 9.17) is 0 Å². The maximum absolute atomic E-state index is 13.3. The molecule has 1 amide bonds. The van der Waals surface area contributed by atoms with Crippen molar-refractivity contribution in [2.45, 2.75) is 19.7 Å². The van der Waals surface area contributed by atoms with E-state index in [-0.39, 0.29) is 26.7 Å². The Labute approximate surface area is 182 Å².